The van der Waals surface area contributed by atoms with Crippen LogP contribution in [0, 0.1) is 0 Å². The van der Waals surface area contributed by atoms with E-state index in [0.29, 0.717) is 0 Å². The van der Waals surface area contributed by atoms with Crippen LogP contribution in [0.25, 0.3) is 0 Å². The molecule has 1 aliphatic heterocycles. The monoisotopic (exact) mass is 313 g/mol. The van der Waals surface area contributed by atoms with E-state index in [1.807, 2.05) is 11.3 Å². The summed E-state index contributed by atoms with van der Waals surface area (Å²) in [4.78, 5) is 8.80. The third-order valence-electron chi connectivity index (χ3n) is 4.54. The molecule has 1 aromatic heterocycles. The molecular formula is C15H24ClN3S. The highest BCUT2D eigenvalue weighted by molar-refractivity contribution is 7.11. The van der Waals surface area contributed by atoms with Gasteiger partial charge in [-0.15, -0.1) is 23.7 Å². The molecule has 5 heteroatoms. The van der Waals surface area contributed by atoms with E-state index in [-0.39, 0.29) is 12.4 Å². The van der Waals surface area contributed by atoms with Crippen LogP contribution in [0.5, 0.6) is 0 Å². The first kappa shape index (κ1) is 14.8. The predicted molar refractivity (Wildman–Crippen MR) is 85.8 cm³/mol. The summed E-state index contributed by atoms with van der Waals surface area (Å²) in [6, 6.07) is 1.59. The van der Waals surface area contributed by atoms with E-state index in [0.717, 1.165) is 24.5 Å². The molecule has 20 heavy (non-hydrogen) atoms. The molecule has 4 rings (SSSR count). The van der Waals surface area contributed by atoms with Gasteiger partial charge in [-0.05, 0) is 45.1 Å². The van der Waals surface area contributed by atoms with Crippen molar-refractivity contribution in [1.82, 2.24) is 15.2 Å². The molecule has 0 spiro atoms. The van der Waals surface area contributed by atoms with Gasteiger partial charge < -0.3 is 5.32 Å². The zero-order valence-electron chi connectivity index (χ0n) is 11.9. The van der Waals surface area contributed by atoms with Crippen LogP contribution in [-0.2, 0) is 6.54 Å². The first-order chi connectivity index (χ1) is 9.38. The molecule has 1 unspecified atom stereocenters. The molecule has 112 valence electrons. The molecular weight excluding hydrogens is 290 g/mol. The minimum absolute atomic E-state index is 0. The number of halogens is 1. The van der Waals surface area contributed by atoms with E-state index in [9.17, 15) is 0 Å². The molecule has 1 atom stereocenters. The lowest BCUT2D eigenvalue weighted by Crippen LogP contribution is -2.38. The van der Waals surface area contributed by atoms with E-state index in [2.05, 4.69) is 21.4 Å². The summed E-state index contributed by atoms with van der Waals surface area (Å²) < 4.78 is 0. The van der Waals surface area contributed by atoms with Gasteiger partial charge in [0.05, 0.1) is 5.01 Å². The summed E-state index contributed by atoms with van der Waals surface area (Å²) in [5.74, 6) is 0.810. The normalized spacial score (nSPS) is 25.9. The number of rotatable bonds is 6. The van der Waals surface area contributed by atoms with Gasteiger partial charge in [0, 0.05) is 42.2 Å². The van der Waals surface area contributed by atoms with Gasteiger partial charge in [0.1, 0.15) is 0 Å². The summed E-state index contributed by atoms with van der Waals surface area (Å²) >= 11 is 1.96. The van der Waals surface area contributed by atoms with Crippen LogP contribution < -0.4 is 5.32 Å². The van der Waals surface area contributed by atoms with Crippen molar-refractivity contribution in [2.24, 2.45) is 0 Å². The van der Waals surface area contributed by atoms with Crippen molar-refractivity contribution in [2.45, 2.75) is 63.1 Å². The van der Waals surface area contributed by atoms with E-state index in [1.165, 1.54) is 61.5 Å². The SMILES string of the molecule is Cl.c1nc(C2CC2)sc1CN(CC1CCCN1)C1CC1. The molecule has 0 aromatic carbocycles. The fourth-order valence-corrected chi connectivity index (χ4v) is 4.21. The Bertz CT molecular complexity index is 436. The first-order valence-corrected chi connectivity index (χ1v) is 8.62. The van der Waals surface area contributed by atoms with E-state index < -0.39 is 0 Å². The van der Waals surface area contributed by atoms with Gasteiger partial charge in [0.15, 0.2) is 0 Å². The summed E-state index contributed by atoms with van der Waals surface area (Å²) in [7, 11) is 0. The van der Waals surface area contributed by atoms with Crippen LogP contribution in [-0.4, -0.2) is 35.1 Å². The van der Waals surface area contributed by atoms with Crippen LogP contribution in [0.2, 0.25) is 0 Å². The number of aromatic nitrogens is 1. The molecule has 3 nitrogen and oxygen atoms in total. The second kappa shape index (κ2) is 6.30. The van der Waals surface area contributed by atoms with Crippen molar-refractivity contribution in [1.29, 1.82) is 0 Å². The van der Waals surface area contributed by atoms with Crippen molar-refractivity contribution in [3.8, 4) is 0 Å². The minimum atomic E-state index is 0. The van der Waals surface area contributed by atoms with Gasteiger partial charge in [-0.2, -0.15) is 0 Å². The van der Waals surface area contributed by atoms with E-state index >= 15 is 0 Å². The second-order valence-electron chi connectivity index (χ2n) is 6.39. The molecule has 0 amide bonds. The third kappa shape index (κ3) is 3.53. The fraction of sp³-hybridized carbons (Fsp3) is 0.800. The first-order valence-electron chi connectivity index (χ1n) is 7.80. The largest absolute Gasteiger partial charge is 0.313 e. The highest BCUT2D eigenvalue weighted by atomic mass is 35.5. The lowest BCUT2D eigenvalue weighted by Gasteiger charge is -2.24. The van der Waals surface area contributed by atoms with Crippen molar-refractivity contribution in [3.63, 3.8) is 0 Å². The molecule has 2 saturated carbocycles. The molecule has 1 aromatic rings. The Morgan fingerprint density at radius 3 is 2.75 bits per heavy atom. The van der Waals surface area contributed by atoms with Crippen molar-refractivity contribution in [3.05, 3.63) is 16.1 Å². The Morgan fingerprint density at radius 2 is 2.10 bits per heavy atom. The second-order valence-corrected chi connectivity index (χ2v) is 7.54. The maximum absolute atomic E-state index is 4.62. The van der Waals surface area contributed by atoms with Crippen molar-refractivity contribution < 1.29 is 0 Å². The number of thiazole rings is 1. The Balaban J connectivity index is 0.00000121. The summed E-state index contributed by atoms with van der Waals surface area (Å²) in [5.41, 5.74) is 0. The van der Waals surface area contributed by atoms with Crippen LogP contribution >= 0.6 is 23.7 Å². The molecule has 2 aliphatic carbocycles. The Morgan fingerprint density at radius 1 is 1.25 bits per heavy atom. The van der Waals surface area contributed by atoms with Crippen molar-refractivity contribution in [2.75, 3.05) is 13.1 Å². The predicted octanol–water partition coefficient (Wildman–Crippen LogP) is 3.16. The molecule has 1 N–H and O–H groups in total. The standard InChI is InChI=1S/C15H23N3S.ClH/c1-2-12(16-7-1)9-18(13-5-6-13)10-14-8-17-15(19-14)11-3-4-11;/h8,11-13,16H,1-7,9-10H2;1H. The van der Waals surface area contributed by atoms with Crippen LogP contribution in [0.15, 0.2) is 6.20 Å². The summed E-state index contributed by atoms with van der Waals surface area (Å²) in [5, 5.41) is 5.03. The van der Waals surface area contributed by atoms with Crippen LogP contribution in [0.1, 0.15) is 54.3 Å². The quantitative estimate of drug-likeness (QED) is 0.874. The number of nitrogens with zero attached hydrogens (tertiary/aromatic N) is 2. The lowest BCUT2D eigenvalue weighted by atomic mass is 10.2. The zero-order chi connectivity index (χ0) is 12.7. The van der Waals surface area contributed by atoms with Crippen LogP contribution in [0.3, 0.4) is 0 Å². The molecule has 3 fully saturated rings. The fourth-order valence-electron chi connectivity index (χ4n) is 3.09. The maximum atomic E-state index is 4.62. The Labute approximate surface area is 131 Å². The summed E-state index contributed by atoms with van der Waals surface area (Å²) in [6.07, 6.45) is 10.4. The molecule has 2 heterocycles. The minimum Gasteiger partial charge on any atom is -0.313 e. The van der Waals surface area contributed by atoms with Crippen LogP contribution in [0.4, 0.5) is 0 Å². The molecule has 0 radical (unpaired) electrons. The van der Waals surface area contributed by atoms with Crippen molar-refractivity contribution >= 4 is 23.7 Å². The Kier molecular flexibility index (Phi) is 4.65. The van der Waals surface area contributed by atoms with E-state index in [1.54, 1.807) is 0 Å². The maximum Gasteiger partial charge on any atom is 0.0959 e. The highest BCUT2D eigenvalue weighted by Crippen LogP contribution is 2.42. The number of nitrogens with one attached hydrogen (secondary N) is 1. The van der Waals surface area contributed by atoms with Gasteiger partial charge in [0.2, 0.25) is 0 Å². The molecule has 1 saturated heterocycles. The highest BCUT2D eigenvalue weighted by Gasteiger charge is 2.32. The van der Waals surface area contributed by atoms with Gasteiger partial charge >= 0.3 is 0 Å². The number of hydrogen-bond donors (Lipinski definition) is 1. The van der Waals surface area contributed by atoms with E-state index in [4.69, 9.17) is 0 Å². The van der Waals surface area contributed by atoms with Gasteiger partial charge in [-0.3, -0.25) is 4.90 Å². The zero-order valence-corrected chi connectivity index (χ0v) is 13.5. The molecule has 3 aliphatic rings. The van der Waals surface area contributed by atoms with Gasteiger partial charge in [-0.1, -0.05) is 0 Å². The third-order valence-corrected chi connectivity index (χ3v) is 5.68. The van der Waals surface area contributed by atoms with Gasteiger partial charge in [-0.25, -0.2) is 4.98 Å². The smallest absolute Gasteiger partial charge is 0.0959 e. The summed E-state index contributed by atoms with van der Waals surface area (Å²) in [6.45, 7) is 3.59. The van der Waals surface area contributed by atoms with Gasteiger partial charge in [0.25, 0.3) is 0 Å². The average molecular weight is 314 g/mol. The average Bonchev–Trinajstić information content (AvgIpc) is 3.34. The molecule has 0 bridgehead atoms. The lowest BCUT2D eigenvalue weighted by molar-refractivity contribution is 0.233. The topological polar surface area (TPSA) is 28.2 Å². The Hall–Kier alpha value is -0.160. The number of hydrogen-bond acceptors (Lipinski definition) is 4.